The lowest BCUT2D eigenvalue weighted by molar-refractivity contribution is 0.146. The van der Waals surface area contributed by atoms with Crippen LogP contribution >= 0.6 is 12.4 Å². The molecule has 0 radical (unpaired) electrons. The molecule has 2 atom stereocenters. The van der Waals surface area contributed by atoms with Crippen molar-refractivity contribution in [3.8, 4) is 11.5 Å². The number of fused-ring (bicyclic) bond motifs is 1. The molecule has 21 heavy (non-hydrogen) atoms. The molecule has 0 amide bonds. The first-order valence-corrected chi connectivity index (χ1v) is 7.31. The van der Waals surface area contributed by atoms with Gasteiger partial charge in [0.2, 0.25) is 0 Å². The highest BCUT2D eigenvalue weighted by molar-refractivity contribution is 5.85. The molecule has 6 heteroatoms. The summed E-state index contributed by atoms with van der Waals surface area (Å²) in [6.07, 6.45) is 0.677. The van der Waals surface area contributed by atoms with Crippen molar-refractivity contribution in [2.75, 3.05) is 32.8 Å². The molecule has 3 rings (SSSR count). The van der Waals surface area contributed by atoms with Crippen LogP contribution in [0.4, 0.5) is 0 Å². The predicted molar refractivity (Wildman–Crippen MR) is 83.4 cm³/mol. The Kier molecular flexibility index (Phi) is 6.11. The number of rotatable bonds is 4. The molecule has 1 saturated heterocycles. The minimum Gasteiger partial charge on any atom is -0.490 e. The number of aliphatic hydroxyl groups excluding tert-OH is 1. The summed E-state index contributed by atoms with van der Waals surface area (Å²) < 4.78 is 11.5. The molecule has 2 aliphatic rings. The van der Waals surface area contributed by atoms with Crippen molar-refractivity contribution in [3.63, 3.8) is 0 Å². The maximum atomic E-state index is 9.77. The van der Waals surface area contributed by atoms with Gasteiger partial charge in [0.1, 0.15) is 0 Å². The maximum Gasteiger partial charge on any atom is 0.165 e. The third kappa shape index (κ3) is 4.01. The lowest BCUT2D eigenvalue weighted by atomic mass is 10.1. The summed E-state index contributed by atoms with van der Waals surface area (Å²) >= 11 is 0. The fourth-order valence-electron chi connectivity index (χ4n) is 2.71. The smallest absolute Gasteiger partial charge is 0.165 e. The predicted octanol–water partition coefficient (Wildman–Crippen LogP) is 0.940. The van der Waals surface area contributed by atoms with E-state index in [0.29, 0.717) is 19.8 Å². The third-order valence-corrected chi connectivity index (χ3v) is 3.88. The van der Waals surface area contributed by atoms with Gasteiger partial charge in [0.25, 0.3) is 0 Å². The van der Waals surface area contributed by atoms with Crippen molar-refractivity contribution in [1.29, 1.82) is 0 Å². The standard InChI is InChI=1S/C15H22N2O3.ClH/c18-13-10-17-9-12(13)8-16-7-11-3-1-4-14-15(11)20-6-2-5-19-14;/h1,3-4,12-13,16-18H,2,5-10H2;1H. The van der Waals surface area contributed by atoms with E-state index in [1.807, 2.05) is 12.1 Å². The molecule has 1 aromatic rings. The van der Waals surface area contributed by atoms with Crippen molar-refractivity contribution in [2.45, 2.75) is 19.1 Å². The number of ether oxygens (including phenoxy) is 2. The summed E-state index contributed by atoms with van der Waals surface area (Å²) in [5, 5.41) is 16.4. The van der Waals surface area contributed by atoms with Crippen LogP contribution in [0.2, 0.25) is 0 Å². The van der Waals surface area contributed by atoms with E-state index in [-0.39, 0.29) is 24.4 Å². The molecule has 0 spiro atoms. The molecule has 0 aliphatic carbocycles. The zero-order chi connectivity index (χ0) is 13.8. The molecule has 2 heterocycles. The van der Waals surface area contributed by atoms with Gasteiger partial charge >= 0.3 is 0 Å². The molecule has 3 N–H and O–H groups in total. The number of hydrogen-bond donors (Lipinski definition) is 3. The SMILES string of the molecule is Cl.OC1CNCC1CNCc1cccc2c1OCCCO2. The summed E-state index contributed by atoms with van der Waals surface area (Å²) in [6.45, 7) is 4.53. The van der Waals surface area contributed by atoms with Crippen LogP contribution in [-0.4, -0.2) is 44.1 Å². The number of hydrogen-bond acceptors (Lipinski definition) is 5. The second-order valence-electron chi connectivity index (χ2n) is 5.41. The number of benzene rings is 1. The van der Waals surface area contributed by atoms with Crippen LogP contribution in [0.15, 0.2) is 18.2 Å². The first-order valence-electron chi connectivity index (χ1n) is 7.31. The second-order valence-corrected chi connectivity index (χ2v) is 5.41. The topological polar surface area (TPSA) is 62.8 Å². The van der Waals surface area contributed by atoms with E-state index in [4.69, 9.17) is 9.47 Å². The highest BCUT2D eigenvalue weighted by Gasteiger charge is 2.24. The summed E-state index contributed by atoms with van der Waals surface area (Å²) in [7, 11) is 0. The molecule has 1 fully saturated rings. The second kappa shape index (κ2) is 7.84. The van der Waals surface area contributed by atoms with Crippen LogP contribution in [0, 0.1) is 5.92 Å². The maximum absolute atomic E-state index is 9.77. The molecule has 118 valence electrons. The van der Waals surface area contributed by atoms with Crippen LogP contribution in [0.3, 0.4) is 0 Å². The fraction of sp³-hybridized carbons (Fsp3) is 0.600. The molecular weight excluding hydrogens is 292 g/mol. The first-order chi connectivity index (χ1) is 9.84. The quantitative estimate of drug-likeness (QED) is 0.772. The zero-order valence-electron chi connectivity index (χ0n) is 12.0. The molecule has 0 bridgehead atoms. The van der Waals surface area contributed by atoms with Gasteiger partial charge < -0.3 is 25.2 Å². The van der Waals surface area contributed by atoms with E-state index >= 15 is 0 Å². The number of aliphatic hydroxyl groups is 1. The highest BCUT2D eigenvalue weighted by Crippen LogP contribution is 2.33. The van der Waals surface area contributed by atoms with Gasteiger partial charge in [-0.3, -0.25) is 0 Å². The van der Waals surface area contributed by atoms with Crippen LogP contribution in [-0.2, 0) is 6.54 Å². The van der Waals surface area contributed by atoms with Gasteiger partial charge in [-0.1, -0.05) is 12.1 Å². The summed E-state index contributed by atoms with van der Waals surface area (Å²) in [6, 6.07) is 6.01. The van der Waals surface area contributed by atoms with Crippen molar-refractivity contribution in [1.82, 2.24) is 10.6 Å². The fourth-order valence-corrected chi connectivity index (χ4v) is 2.71. The molecule has 5 nitrogen and oxygen atoms in total. The number of para-hydroxylation sites is 1. The zero-order valence-corrected chi connectivity index (χ0v) is 12.8. The number of nitrogens with one attached hydrogen (secondary N) is 2. The Morgan fingerprint density at radius 1 is 1.24 bits per heavy atom. The van der Waals surface area contributed by atoms with E-state index < -0.39 is 0 Å². The largest absolute Gasteiger partial charge is 0.490 e. The minimum atomic E-state index is -0.241. The molecule has 1 aromatic carbocycles. The van der Waals surface area contributed by atoms with Gasteiger partial charge in [0.05, 0.1) is 19.3 Å². The van der Waals surface area contributed by atoms with Crippen molar-refractivity contribution in [3.05, 3.63) is 23.8 Å². The molecule has 0 saturated carbocycles. The van der Waals surface area contributed by atoms with Crippen LogP contribution in [0.25, 0.3) is 0 Å². The van der Waals surface area contributed by atoms with Crippen LogP contribution < -0.4 is 20.1 Å². The van der Waals surface area contributed by atoms with Crippen molar-refractivity contribution >= 4 is 12.4 Å². The van der Waals surface area contributed by atoms with E-state index in [2.05, 4.69) is 16.7 Å². The van der Waals surface area contributed by atoms with E-state index in [9.17, 15) is 5.11 Å². The van der Waals surface area contributed by atoms with Crippen molar-refractivity contribution in [2.24, 2.45) is 5.92 Å². The Hall–Kier alpha value is -1.01. The molecule has 2 aliphatic heterocycles. The molecule has 2 unspecified atom stereocenters. The first kappa shape index (κ1) is 16.4. The number of halogens is 1. The lowest BCUT2D eigenvalue weighted by Crippen LogP contribution is -2.30. The van der Waals surface area contributed by atoms with Gasteiger partial charge in [0, 0.05) is 44.1 Å². The van der Waals surface area contributed by atoms with Gasteiger partial charge in [-0.15, -0.1) is 12.4 Å². The Balaban J connectivity index is 0.00000161. The summed E-state index contributed by atoms with van der Waals surface area (Å²) in [4.78, 5) is 0. The van der Waals surface area contributed by atoms with Crippen molar-refractivity contribution < 1.29 is 14.6 Å². The monoisotopic (exact) mass is 314 g/mol. The van der Waals surface area contributed by atoms with E-state index in [1.165, 1.54) is 0 Å². The Bertz CT molecular complexity index is 459. The van der Waals surface area contributed by atoms with Gasteiger partial charge in [-0.2, -0.15) is 0 Å². The summed E-state index contributed by atoms with van der Waals surface area (Å²) in [5.41, 5.74) is 1.12. The van der Waals surface area contributed by atoms with Gasteiger partial charge in [-0.25, -0.2) is 0 Å². The van der Waals surface area contributed by atoms with Gasteiger partial charge in [0.15, 0.2) is 11.5 Å². The Labute approximate surface area is 131 Å². The van der Waals surface area contributed by atoms with E-state index in [1.54, 1.807) is 0 Å². The van der Waals surface area contributed by atoms with Crippen LogP contribution in [0.1, 0.15) is 12.0 Å². The van der Waals surface area contributed by atoms with Gasteiger partial charge in [-0.05, 0) is 6.07 Å². The highest BCUT2D eigenvalue weighted by atomic mass is 35.5. The average molecular weight is 315 g/mol. The van der Waals surface area contributed by atoms with E-state index in [0.717, 1.165) is 43.1 Å². The minimum absolute atomic E-state index is 0. The average Bonchev–Trinajstić information content (AvgIpc) is 2.73. The van der Waals surface area contributed by atoms with Crippen LogP contribution in [0.5, 0.6) is 11.5 Å². The lowest BCUT2D eigenvalue weighted by Gasteiger charge is -2.16. The Morgan fingerprint density at radius 3 is 2.90 bits per heavy atom. The molecular formula is C15H23ClN2O3. The number of β-amino-alcohol motifs (C(OH)–C–C–N with tert-alkyl or cyclic N) is 1. The molecule has 0 aromatic heterocycles. The third-order valence-electron chi connectivity index (χ3n) is 3.88. The Morgan fingerprint density at radius 2 is 2.10 bits per heavy atom. The normalized spacial score (nSPS) is 24.2. The summed E-state index contributed by atoms with van der Waals surface area (Å²) in [5.74, 6) is 1.99.